The zero-order valence-electron chi connectivity index (χ0n) is 18.1. The fourth-order valence-electron chi connectivity index (χ4n) is 4.55. The lowest BCUT2D eigenvalue weighted by Crippen LogP contribution is -2.40. The van der Waals surface area contributed by atoms with Crippen molar-refractivity contribution in [2.24, 2.45) is 0 Å². The van der Waals surface area contributed by atoms with Gasteiger partial charge in [-0.3, -0.25) is 4.79 Å². The lowest BCUT2D eigenvalue weighted by atomic mass is 9.93. The van der Waals surface area contributed by atoms with E-state index < -0.39 is 23.5 Å². The Morgan fingerprint density at radius 1 is 1.10 bits per heavy atom. The number of carboxylic acid groups (broad SMARTS) is 1. The molecule has 2 N–H and O–H groups in total. The standard InChI is InChI=1S/C24H27NO6/c1-4-18(23(27)28)25-20(26)10-9-14-12(2)16-11-17-15-7-5-6-8-19(15)30-22(17)13(3)21(16)31-24(14)29/h11,18H,4-10H2,1-3H3,(H,25,26)(H,27,28)/t18-/m1/s1. The second-order valence-electron chi connectivity index (χ2n) is 8.33. The van der Waals surface area contributed by atoms with E-state index in [1.165, 1.54) is 5.56 Å². The van der Waals surface area contributed by atoms with Crippen LogP contribution in [0.4, 0.5) is 0 Å². The lowest BCUT2D eigenvalue weighted by Gasteiger charge is -2.13. The third-order valence-electron chi connectivity index (χ3n) is 6.37. The number of rotatable bonds is 6. The number of hydrogen-bond donors (Lipinski definition) is 2. The lowest BCUT2D eigenvalue weighted by molar-refractivity contribution is -0.141. The Morgan fingerprint density at radius 3 is 2.52 bits per heavy atom. The Bertz CT molecular complexity index is 1250. The Kier molecular flexibility index (Phi) is 5.60. The fourth-order valence-corrected chi connectivity index (χ4v) is 4.55. The number of furan rings is 1. The zero-order chi connectivity index (χ0) is 22.3. The van der Waals surface area contributed by atoms with Gasteiger partial charge < -0.3 is 19.3 Å². The number of fused-ring (bicyclic) bond motifs is 4. The first-order chi connectivity index (χ1) is 14.8. The van der Waals surface area contributed by atoms with Gasteiger partial charge in [-0.25, -0.2) is 9.59 Å². The van der Waals surface area contributed by atoms with Gasteiger partial charge in [0.25, 0.3) is 0 Å². The number of amides is 1. The normalized spacial score (nSPS) is 14.5. The van der Waals surface area contributed by atoms with Crippen LogP contribution < -0.4 is 10.9 Å². The van der Waals surface area contributed by atoms with Gasteiger partial charge in [0.2, 0.25) is 5.91 Å². The first-order valence-electron chi connectivity index (χ1n) is 10.8. The number of carbonyl (C=O) groups is 2. The van der Waals surface area contributed by atoms with Crippen LogP contribution in [0.5, 0.6) is 0 Å². The summed E-state index contributed by atoms with van der Waals surface area (Å²) in [5.41, 5.74) is 4.14. The van der Waals surface area contributed by atoms with E-state index in [-0.39, 0.29) is 12.8 Å². The van der Waals surface area contributed by atoms with Crippen molar-refractivity contribution in [3.63, 3.8) is 0 Å². The molecule has 3 aromatic rings. The van der Waals surface area contributed by atoms with Crippen molar-refractivity contribution in [2.45, 2.75) is 71.8 Å². The van der Waals surface area contributed by atoms with Crippen LogP contribution in [0, 0.1) is 13.8 Å². The summed E-state index contributed by atoms with van der Waals surface area (Å²) in [5, 5.41) is 13.5. The Morgan fingerprint density at radius 2 is 1.81 bits per heavy atom. The molecule has 0 radical (unpaired) electrons. The average Bonchev–Trinajstić information content (AvgIpc) is 3.12. The molecule has 7 heteroatoms. The highest BCUT2D eigenvalue weighted by molar-refractivity contribution is 6.00. The molecule has 0 bridgehead atoms. The Labute approximate surface area is 179 Å². The van der Waals surface area contributed by atoms with Gasteiger partial charge in [0.05, 0.1) is 0 Å². The van der Waals surface area contributed by atoms with Crippen molar-refractivity contribution in [3.05, 3.63) is 44.5 Å². The van der Waals surface area contributed by atoms with Gasteiger partial charge in [0.1, 0.15) is 23.0 Å². The molecule has 2 aromatic heterocycles. The summed E-state index contributed by atoms with van der Waals surface area (Å²) >= 11 is 0. The molecular weight excluding hydrogens is 398 g/mol. The summed E-state index contributed by atoms with van der Waals surface area (Å²) in [6, 6.07) is 1.12. The smallest absolute Gasteiger partial charge is 0.339 e. The van der Waals surface area contributed by atoms with E-state index in [0.717, 1.165) is 58.9 Å². The minimum absolute atomic E-state index is 0.0171. The SMILES string of the molecule is CC[C@@H](NC(=O)CCc1c(C)c2cc3c4c(oc3c(C)c2oc1=O)CCCC4)C(=O)O. The summed E-state index contributed by atoms with van der Waals surface area (Å²) in [5.74, 6) is -0.440. The first-order valence-corrected chi connectivity index (χ1v) is 10.8. The van der Waals surface area contributed by atoms with Crippen molar-refractivity contribution in [1.29, 1.82) is 0 Å². The monoisotopic (exact) mass is 425 g/mol. The van der Waals surface area contributed by atoms with Crippen LogP contribution in [0.25, 0.3) is 21.9 Å². The van der Waals surface area contributed by atoms with Crippen molar-refractivity contribution in [3.8, 4) is 0 Å². The van der Waals surface area contributed by atoms with Gasteiger partial charge in [0, 0.05) is 40.3 Å². The van der Waals surface area contributed by atoms with E-state index in [1.807, 2.05) is 19.9 Å². The molecule has 1 aromatic carbocycles. The van der Waals surface area contributed by atoms with Crippen LogP contribution in [0.15, 0.2) is 19.7 Å². The molecule has 0 saturated carbocycles. The quantitative estimate of drug-likeness (QED) is 0.579. The van der Waals surface area contributed by atoms with E-state index in [0.29, 0.717) is 17.6 Å². The van der Waals surface area contributed by atoms with Crippen LogP contribution in [-0.2, 0) is 28.9 Å². The maximum atomic E-state index is 12.7. The fraction of sp³-hybridized carbons (Fsp3) is 0.458. The Balaban J connectivity index is 1.70. The highest BCUT2D eigenvalue weighted by atomic mass is 16.4. The summed E-state index contributed by atoms with van der Waals surface area (Å²) in [4.78, 5) is 36.1. The van der Waals surface area contributed by atoms with Gasteiger partial charge in [-0.1, -0.05) is 6.92 Å². The highest BCUT2D eigenvalue weighted by Crippen LogP contribution is 2.37. The van der Waals surface area contributed by atoms with E-state index in [4.69, 9.17) is 13.9 Å². The van der Waals surface area contributed by atoms with Crippen LogP contribution in [0.2, 0.25) is 0 Å². The number of carboxylic acids is 1. The number of carbonyl (C=O) groups excluding carboxylic acids is 1. The first kappa shape index (κ1) is 21.2. The second-order valence-corrected chi connectivity index (χ2v) is 8.33. The van der Waals surface area contributed by atoms with Gasteiger partial charge in [-0.05, 0) is 57.6 Å². The maximum Gasteiger partial charge on any atom is 0.339 e. The number of nitrogens with one attached hydrogen (secondary N) is 1. The van der Waals surface area contributed by atoms with Crippen molar-refractivity contribution in [2.75, 3.05) is 0 Å². The van der Waals surface area contributed by atoms with Crippen molar-refractivity contribution < 1.29 is 23.5 Å². The summed E-state index contributed by atoms with van der Waals surface area (Å²) in [6.07, 6.45) is 4.66. The molecule has 1 amide bonds. The molecule has 0 spiro atoms. The molecule has 0 aliphatic heterocycles. The molecule has 164 valence electrons. The average molecular weight is 425 g/mol. The largest absolute Gasteiger partial charge is 0.480 e. The minimum Gasteiger partial charge on any atom is -0.480 e. The molecule has 1 atom stereocenters. The van der Waals surface area contributed by atoms with Gasteiger partial charge >= 0.3 is 11.6 Å². The summed E-state index contributed by atoms with van der Waals surface area (Å²) in [6.45, 7) is 5.47. The molecule has 0 saturated heterocycles. The molecule has 2 heterocycles. The number of aliphatic carboxylic acids is 1. The molecule has 7 nitrogen and oxygen atoms in total. The van der Waals surface area contributed by atoms with Gasteiger partial charge in [-0.15, -0.1) is 0 Å². The van der Waals surface area contributed by atoms with E-state index in [2.05, 4.69) is 5.32 Å². The number of benzene rings is 1. The van der Waals surface area contributed by atoms with Crippen LogP contribution >= 0.6 is 0 Å². The number of aryl methyl sites for hydroxylation is 4. The van der Waals surface area contributed by atoms with Gasteiger partial charge in [-0.2, -0.15) is 0 Å². The zero-order valence-corrected chi connectivity index (χ0v) is 18.1. The van der Waals surface area contributed by atoms with E-state index >= 15 is 0 Å². The highest BCUT2D eigenvalue weighted by Gasteiger charge is 2.23. The molecule has 0 unspecified atom stereocenters. The number of hydrogen-bond acceptors (Lipinski definition) is 5. The van der Waals surface area contributed by atoms with Crippen LogP contribution in [-0.4, -0.2) is 23.0 Å². The third kappa shape index (κ3) is 3.73. The topological polar surface area (TPSA) is 110 Å². The molecular formula is C24H27NO6. The van der Waals surface area contributed by atoms with Gasteiger partial charge in [0.15, 0.2) is 0 Å². The summed E-state index contributed by atoms with van der Waals surface area (Å²) < 4.78 is 11.8. The molecule has 4 rings (SSSR count). The third-order valence-corrected chi connectivity index (χ3v) is 6.37. The van der Waals surface area contributed by atoms with Crippen LogP contribution in [0.1, 0.15) is 60.6 Å². The van der Waals surface area contributed by atoms with Crippen molar-refractivity contribution >= 4 is 33.8 Å². The minimum atomic E-state index is -1.07. The predicted octanol–water partition coefficient (Wildman–Crippen LogP) is 3.95. The molecule has 0 fully saturated rings. The molecule has 1 aliphatic rings. The summed E-state index contributed by atoms with van der Waals surface area (Å²) in [7, 11) is 0. The van der Waals surface area contributed by atoms with Crippen molar-refractivity contribution in [1.82, 2.24) is 5.32 Å². The molecule has 31 heavy (non-hydrogen) atoms. The second kappa shape index (κ2) is 8.21. The molecule has 1 aliphatic carbocycles. The van der Waals surface area contributed by atoms with E-state index in [1.54, 1.807) is 6.92 Å². The maximum absolute atomic E-state index is 12.7. The Hall–Kier alpha value is -3.09. The van der Waals surface area contributed by atoms with Crippen LogP contribution in [0.3, 0.4) is 0 Å². The predicted molar refractivity (Wildman–Crippen MR) is 117 cm³/mol. The van der Waals surface area contributed by atoms with E-state index in [9.17, 15) is 14.4 Å².